The Balaban J connectivity index is 1.82. The third-order valence-corrected chi connectivity index (χ3v) is 6.52. The average molecular weight is 333 g/mol. The standard InChI is InChI=1S/C18H19ClN2S/c19-15-6-3-5-14-16(21-10-8-20-9-11-21)12-13-4-1-2-7-17(13)22-18(14)15/h1-7,16,20H,8-12H2/p+2/t16-/m0/s1. The van der Waals surface area contributed by atoms with Crippen LogP contribution in [-0.4, -0.2) is 26.2 Å². The monoisotopic (exact) mass is 332 g/mol. The fourth-order valence-corrected chi connectivity index (χ4v) is 5.12. The van der Waals surface area contributed by atoms with E-state index in [1.165, 1.54) is 47.1 Å². The topological polar surface area (TPSA) is 21.1 Å². The van der Waals surface area contributed by atoms with Crippen LogP contribution in [0.15, 0.2) is 52.3 Å². The molecule has 0 aromatic heterocycles. The number of nitrogens with one attached hydrogen (secondary N) is 1. The first-order chi connectivity index (χ1) is 10.8. The molecule has 0 unspecified atom stereocenters. The lowest BCUT2D eigenvalue weighted by Gasteiger charge is -2.31. The number of benzene rings is 2. The largest absolute Gasteiger partial charge is 0.337 e. The van der Waals surface area contributed by atoms with Crippen LogP contribution in [-0.2, 0) is 6.42 Å². The van der Waals surface area contributed by atoms with E-state index in [0.717, 1.165) is 11.4 Å². The Morgan fingerprint density at radius 3 is 2.73 bits per heavy atom. The molecule has 2 aromatic carbocycles. The van der Waals surface area contributed by atoms with Gasteiger partial charge in [0.15, 0.2) is 0 Å². The van der Waals surface area contributed by atoms with Crippen molar-refractivity contribution in [1.82, 2.24) is 0 Å². The van der Waals surface area contributed by atoms with Gasteiger partial charge in [0.25, 0.3) is 0 Å². The predicted octanol–water partition coefficient (Wildman–Crippen LogP) is 1.55. The van der Waals surface area contributed by atoms with E-state index in [9.17, 15) is 0 Å². The molecule has 2 heterocycles. The van der Waals surface area contributed by atoms with E-state index in [-0.39, 0.29) is 0 Å². The number of fused-ring (bicyclic) bond motifs is 2. The smallest absolute Gasteiger partial charge is 0.127 e. The first-order valence-corrected chi connectivity index (χ1v) is 9.23. The van der Waals surface area contributed by atoms with Gasteiger partial charge in [-0.05, 0) is 17.7 Å². The lowest BCUT2D eigenvalue weighted by atomic mass is 9.97. The van der Waals surface area contributed by atoms with Gasteiger partial charge >= 0.3 is 0 Å². The summed E-state index contributed by atoms with van der Waals surface area (Å²) in [6.07, 6.45) is 1.12. The average Bonchev–Trinajstić information content (AvgIpc) is 2.73. The molecular weight excluding hydrogens is 312 g/mol. The highest BCUT2D eigenvalue weighted by Gasteiger charge is 2.33. The molecule has 1 atom stereocenters. The van der Waals surface area contributed by atoms with Gasteiger partial charge in [0.2, 0.25) is 0 Å². The number of hydrogen-bond acceptors (Lipinski definition) is 1. The summed E-state index contributed by atoms with van der Waals surface area (Å²) in [4.78, 5) is 4.34. The Morgan fingerprint density at radius 1 is 1.05 bits per heavy atom. The Kier molecular flexibility index (Phi) is 4.14. The minimum Gasteiger partial charge on any atom is -0.337 e. The third kappa shape index (κ3) is 2.67. The Bertz CT molecular complexity index is 683. The number of halogens is 1. The normalized spacial score (nSPS) is 21.8. The number of quaternary nitrogens is 2. The van der Waals surface area contributed by atoms with Crippen molar-refractivity contribution in [2.24, 2.45) is 0 Å². The Hall–Kier alpha value is -1.00. The summed E-state index contributed by atoms with van der Waals surface area (Å²) in [5.41, 5.74) is 2.90. The van der Waals surface area contributed by atoms with Crippen LogP contribution in [0.1, 0.15) is 17.2 Å². The summed E-state index contributed by atoms with van der Waals surface area (Å²) in [5.74, 6) is 0. The van der Waals surface area contributed by atoms with Gasteiger partial charge in [0.05, 0.1) is 5.02 Å². The number of nitrogens with two attached hydrogens (primary N) is 1. The molecule has 114 valence electrons. The minimum atomic E-state index is 0.526. The summed E-state index contributed by atoms with van der Waals surface area (Å²) in [6, 6.07) is 15.8. The molecule has 4 heteroatoms. The SMILES string of the molecule is Clc1cccc2c1Sc1ccccc1C[C@@H]2[NH+]1CC[NH2+]CC1. The van der Waals surface area contributed by atoms with Gasteiger partial charge in [-0.25, -0.2) is 0 Å². The summed E-state index contributed by atoms with van der Waals surface area (Å²) in [5, 5.41) is 3.33. The van der Waals surface area contributed by atoms with E-state index < -0.39 is 0 Å². The van der Waals surface area contributed by atoms with E-state index in [1.54, 1.807) is 4.90 Å². The molecule has 0 bridgehead atoms. The zero-order chi connectivity index (χ0) is 14.9. The van der Waals surface area contributed by atoms with Crippen molar-refractivity contribution in [1.29, 1.82) is 0 Å². The van der Waals surface area contributed by atoms with Crippen molar-refractivity contribution < 1.29 is 10.2 Å². The van der Waals surface area contributed by atoms with Gasteiger partial charge < -0.3 is 10.2 Å². The van der Waals surface area contributed by atoms with Crippen molar-refractivity contribution in [2.45, 2.75) is 22.3 Å². The van der Waals surface area contributed by atoms with Crippen molar-refractivity contribution in [3.05, 3.63) is 58.6 Å². The molecule has 2 aliphatic rings. The van der Waals surface area contributed by atoms with Crippen LogP contribution < -0.4 is 10.2 Å². The van der Waals surface area contributed by atoms with E-state index >= 15 is 0 Å². The number of hydrogen-bond donors (Lipinski definition) is 2. The fourth-order valence-electron chi connectivity index (χ4n) is 3.68. The third-order valence-electron chi connectivity index (χ3n) is 4.81. The molecule has 1 saturated heterocycles. The first kappa shape index (κ1) is 14.6. The van der Waals surface area contributed by atoms with Crippen molar-refractivity contribution in [3.8, 4) is 0 Å². The van der Waals surface area contributed by atoms with Gasteiger partial charge in [-0.1, -0.05) is 53.7 Å². The van der Waals surface area contributed by atoms with Crippen LogP contribution in [0.5, 0.6) is 0 Å². The highest BCUT2D eigenvalue weighted by atomic mass is 35.5. The molecule has 0 spiro atoms. The minimum absolute atomic E-state index is 0.526. The highest BCUT2D eigenvalue weighted by Crippen LogP contribution is 2.43. The molecule has 3 N–H and O–H groups in total. The molecule has 22 heavy (non-hydrogen) atoms. The van der Waals surface area contributed by atoms with Crippen LogP contribution in [0.3, 0.4) is 0 Å². The zero-order valence-corrected chi connectivity index (χ0v) is 14.1. The molecule has 0 saturated carbocycles. The maximum atomic E-state index is 6.55. The Morgan fingerprint density at radius 2 is 1.86 bits per heavy atom. The molecule has 2 aliphatic heterocycles. The maximum absolute atomic E-state index is 6.55. The van der Waals surface area contributed by atoms with Gasteiger partial charge in [-0.3, -0.25) is 0 Å². The van der Waals surface area contributed by atoms with E-state index in [4.69, 9.17) is 11.6 Å². The molecule has 0 aliphatic carbocycles. The van der Waals surface area contributed by atoms with E-state index in [0.29, 0.717) is 6.04 Å². The van der Waals surface area contributed by atoms with Crippen molar-refractivity contribution in [2.75, 3.05) is 26.2 Å². The van der Waals surface area contributed by atoms with Gasteiger partial charge in [0, 0.05) is 21.8 Å². The predicted molar refractivity (Wildman–Crippen MR) is 90.8 cm³/mol. The van der Waals surface area contributed by atoms with Gasteiger partial charge in [-0.2, -0.15) is 0 Å². The quantitative estimate of drug-likeness (QED) is 0.812. The second-order valence-electron chi connectivity index (χ2n) is 6.15. The number of piperazine rings is 1. The molecule has 0 amide bonds. The molecule has 2 aromatic rings. The lowest BCUT2D eigenvalue weighted by molar-refractivity contribution is -0.972. The van der Waals surface area contributed by atoms with Crippen molar-refractivity contribution in [3.63, 3.8) is 0 Å². The molecule has 4 rings (SSSR count). The molecule has 1 fully saturated rings. The molecule has 2 nitrogen and oxygen atoms in total. The first-order valence-electron chi connectivity index (χ1n) is 8.03. The highest BCUT2D eigenvalue weighted by molar-refractivity contribution is 7.99. The molecular formula is C18H21ClN2S+2. The zero-order valence-electron chi connectivity index (χ0n) is 12.5. The van der Waals surface area contributed by atoms with E-state index in [1.807, 2.05) is 17.8 Å². The summed E-state index contributed by atoms with van der Waals surface area (Å²) >= 11 is 8.39. The van der Waals surface area contributed by atoms with Gasteiger partial charge in [-0.15, -0.1) is 0 Å². The van der Waals surface area contributed by atoms with Crippen LogP contribution in [0.4, 0.5) is 0 Å². The van der Waals surface area contributed by atoms with Crippen LogP contribution >= 0.6 is 23.4 Å². The number of rotatable bonds is 1. The molecule has 0 radical (unpaired) electrons. The second-order valence-corrected chi connectivity index (χ2v) is 7.61. The summed E-state index contributed by atoms with van der Waals surface area (Å²) < 4.78 is 0. The summed E-state index contributed by atoms with van der Waals surface area (Å²) in [6.45, 7) is 4.94. The van der Waals surface area contributed by atoms with Crippen LogP contribution in [0, 0.1) is 0 Å². The van der Waals surface area contributed by atoms with Gasteiger partial charge in [0.1, 0.15) is 32.2 Å². The van der Waals surface area contributed by atoms with Crippen LogP contribution in [0.2, 0.25) is 5.02 Å². The van der Waals surface area contributed by atoms with Crippen LogP contribution in [0.25, 0.3) is 0 Å². The Labute approximate surface area is 140 Å². The second kappa shape index (κ2) is 6.25. The summed E-state index contributed by atoms with van der Waals surface area (Å²) in [7, 11) is 0. The lowest BCUT2D eigenvalue weighted by Crippen LogP contribution is -3.20. The van der Waals surface area contributed by atoms with Crippen molar-refractivity contribution >= 4 is 23.4 Å². The maximum Gasteiger partial charge on any atom is 0.127 e. The fraction of sp³-hybridized carbons (Fsp3) is 0.333. The van der Waals surface area contributed by atoms with E-state index in [2.05, 4.69) is 41.7 Å².